The number of hydrogen-bond donors (Lipinski definition) is 2. The number of rotatable bonds is 5. The van der Waals surface area contributed by atoms with Crippen LogP contribution in [0.4, 0.5) is 30.7 Å². The molecule has 2 N–H and O–H groups in total. The molecule has 0 fully saturated rings. The van der Waals surface area contributed by atoms with Gasteiger partial charge in [0.05, 0.1) is 0 Å². The zero-order chi connectivity index (χ0) is 20.7. The summed E-state index contributed by atoms with van der Waals surface area (Å²) in [6.45, 7) is -0.115. The fourth-order valence-corrected chi connectivity index (χ4v) is 2.72. The Morgan fingerprint density at radius 2 is 1.00 bits per heavy atom. The summed E-state index contributed by atoms with van der Waals surface area (Å²) in [4.78, 5) is 0. The highest BCUT2D eigenvalue weighted by molar-refractivity contribution is 5.46. The average Bonchev–Trinajstić information content (AvgIpc) is 2.47. The molecule has 0 atom stereocenters. The monoisotopic (exact) mass is 398 g/mol. The van der Waals surface area contributed by atoms with Crippen molar-refractivity contribution in [3.05, 3.63) is 59.7 Å². The first-order chi connectivity index (χ1) is 12.2. The van der Waals surface area contributed by atoms with E-state index in [0.717, 1.165) is 0 Å². The number of benzene rings is 2. The summed E-state index contributed by atoms with van der Waals surface area (Å²) in [5.74, 6) is -1.05. The summed E-state index contributed by atoms with van der Waals surface area (Å²) in [5, 5.41) is 18.5. The van der Waals surface area contributed by atoms with E-state index < -0.39 is 46.4 Å². The van der Waals surface area contributed by atoms with E-state index in [1.807, 2.05) is 0 Å². The lowest BCUT2D eigenvalue weighted by Crippen LogP contribution is -2.59. The predicted octanol–water partition coefficient (Wildman–Crippen LogP) is 5.17. The molecular weight excluding hydrogens is 385 g/mol. The van der Waals surface area contributed by atoms with Crippen molar-refractivity contribution in [2.75, 3.05) is 0 Å². The second-order valence-electron chi connectivity index (χ2n) is 5.77. The Morgan fingerprint density at radius 1 is 0.667 bits per heavy atom. The molecule has 148 valence electrons. The highest BCUT2D eigenvalue weighted by Crippen LogP contribution is 2.57. The summed E-state index contributed by atoms with van der Waals surface area (Å²) in [5.41, 5.74) is -6.64. The summed E-state index contributed by atoms with van der Waals surface area (Å²) in [7, 11) is 0. The van der Waals surface area contributed by atoms with E-state index in [4.69, 9.17) is 0 Å². The minimum atomic E-state index is -5.81. The highest BCUT2D eigenvalue weighted by atomic mass is 19.4. The molecule has 0 bridgehead atoms. The standard InChI is InChI=1S/C17H13F7O3/c1-14(18,19)27-17(23,24)15(16(20,21)22,10-2-6-12(25)7-3-10)11-4-8-13(26)9-5-11/h2-9,25-26H,1H3. The molecule has 2 aromatic rings. The molecule has 0 radical (unpaired) electrons. The van der Waals surface area contributed by atoms with Gasteiger partial charge in [-0.15, -0.1) is 0 Å². The van der Waals surface area contributed by atoms with Crippen LogP contribution in [0, 0.1) is 0 Å². The van der Waals surface area contributed by atoms with Crippen LogP contribution in [0.3, 0.4) is 0 Å². The van der Waals surface area contributed by atoms with Gasteiger partial charge in [0.25, 0.3) is 0 Å². The van der Waals surface area contributed by atoms with Gasteiger partial charge in [0.2, 0.25) is 5.41 Å². The maximum absolute atomic E-state index is 14.8. The maximum atomic E-state index is 14.8. The number of alkyl halides is 7. The van der Waals surface area contributed by atoms with Gasteiger partial charge in [-0.1, -0.05) is 24.3 Å². The molecule has 0 spiro atoms. The SMILES string of the molecule is CC(F)(F)OC(F)(F)C(c1ccc(O)cc1)(c1ccc(O)cc1)C(F)(F)F. The number of hydrogen-bond acceptors (Lipinski definition) is 3. The minimum absolute atomic E-state index is 0.115. The van der Waals surface area contributed by atoms with E-state index in [1.54, 1.807) is 0 Å². The predicted molar refractivity (Wildman–Crippen MR) is 79.7 cm³/mol. The molecule has 0 saturated heterocycles. The summed E-state index contributed by atoms with van der Waals surface area (Å²) < 4.78 is 101. The molecule has 0 aromatic heterocycles. The fraction of sp³-hybridized carbons (Fsp3) is 0.294. The van der Waals surface area contributed by atoms with Crippen molar-refractivity contribution in [2.24, 2.45) is 0 Å². The highest BCUT2D eigenvalue weighted by Gasteiger charge is 2.74. The summed E-state index contributed by atoms with van der Waals surface area (Å²) in [6.07, 6.45) is -15.9. The number of ether oxygens (including phenoxy) is 1. The largest absolute Gasteiger partial charge is 0.508 e. The molecule has 0 aliphatic carbocycles. The Hall–Kier alpha value is -2.49. The third-order valence-electron chi connectivity index (χ3n) is 3.77. The Balaban J connectivity index is 2.90. The zero-order valence-electron chi connectivity index (χ0n) is 13.6. The second kappa shape index (κ2) is 6.59. The van der Waals surface area contributed by atoms with Crippen molar-refractivity contribution in [1.82, 2.24) is 0 Å². The van der Waals surface area contributed by atoms with Crippen molar-refractivity contribution < 1.29 is 45.7 Å². The lowest BCUT2D eigenvalue weighted by atomic mass is 9.72. The topological polar surface area (TPSA) is 49.7 Å². The number of aromatic hydroxyl groups is 2. The van der Waals surface area contributed by atoms with Crippen LogP contribution >= 0.6 is 0 Å². The van der Waals surface area contributed by atoms with Gasteiger partial charge in [0, 0.05) is 6.92 Å². The van der Waals surface area contributed by atoms with Gasteiger partial charge in [0.1, 0.15) is 11.5 Å². The average molecular weight is 398 g/mol. The van der Waals surface area contributed by atoms with E-state index in [0.29, 0.717) is 48.5 Å². The first kappa shape index (κ1) is 20.8. The molecule has 27 heavy (non-hydrogen) atoms. The molecule has 0 unspecified atom stereocenters. The van der Waals surface area contributed by atoms with Crippen molar-refractivity contribution >= 4 is 0 Å². The van der Waals surface area contributed by atoms with Gasteiger partial charge in [-0.3, -0.25) is 4.74 Å². The van der Waals surface area contributed by atoms with Gasteiger partial charge in [-0.05, 0) is 35.4 Å². The molecule has 0 aliphatic heterocycles. The van der Waals surface area contributed by atoms with Crippen LogP contribution in [0.1, 0.15) is 18.1 Å². The van der Waals surface area contributed by atoms with E-state index in [9.17, 15) is 40.9 Å². The lowest BCUT2D eigenvalue weighted by Gasteiger charge is -2.42. The Kier molecular flexibility index (Phi) is 5.08. The second-order valence-corrected chi connectivity index (χ2v) is 5.77. The first-order valence-electron chi connectivity index (χ1n) is 7.32. The van der Waals surface area contributed by atoms with E-state index in [-0.39, 0.29) is 6.92 Å². The smallest absolute Gasteiger partial charge is 0.410 e. The normalized spacial score (nSPS) is 13.6. The van der Waals surface area contributed by atoms with Crippen LogP contribution in [-0.2, 0) is 10.2 Å². The Bertz CT molecular complexity index is 733. The Labute approximate surface area is 148 Å². The Morgan fingerprint density at radius 3 is 1.26 bits per heavy atom. The number of halogens is 7. The van der Waals surface area contributed by atoms with E-state index in [1.165, 1.54) is 0 Å². The molecular formula is C17H13F7O3. The molecule has 0 saturated carbocycles. The van der Waals surface area contributed by atoms with Crippen molar-refractivity contribution in [2.45, 2.75) is 30.7 Å². The van der Waals surface area contributed by atoms with Crippen molar-refractivity contribution in [3.8, 4) is 11.5 Å². The quantitative estimate of drug-likeness (QED) is 0.684. The number of phenolic OH excluding ortho intramolecular Hbond substituents is 2. The summed E-state index contributed by atoms with van der Waals surface area (Å²) >= 11 is 0. The summed E-state index contributed by atoms with van der Waals surface area (Å²) in [6, 6.07) is 4.93. The molecule has 10 heteroatoms. The minimum Gasteiger partial charge on any atom is -0.508 e. The number of phenols is 2. The van der Waals surface area contributed by atoms with Crippen LogP contribution in [0.15, 0.2) is 48.5 Å². The van der Waals surface area contributed by atoms with Crippen LogP contribution in [0.2, 0.25) is 0 Å². The van der Waals surface area contributed by atoms with Crippen molar-refractivity contribution in [3.63, 3.8) is 0 Å². The van der Waals surface area contributed by atoms with Gasteiger partial charge in [-0.25, -0.2) is 0 Å². The van der Waals surface area contributed by atoms with Gasteiger partial charge in [-0.2, -0.15) is 30.7 Å². The van der Waals surface area contributed by atoms with E-state index >= 15 is 0 Å². The molecule has 0 amide bonds. The first-order valence-corrected chi connectivity index (χ1v) is 7.32. The van der Waals surface area contributed by atoms with Gasteiger partial charge < -0.3 is 10.2 Å². The maximum Gasteiger partial charge on any atom is 0.410 e. The molecule has 3 nitrogen and oxygen atoms in total. The van der Waals surface area contributed by atoms with Gasteiger partial charge in [0.15, 0.2) is 0 Å². The van der Waals surface area contributed by atoms with Crippen LogP contribution in [-0.4, -0.2) is 28.6 Å². The molecule has 2 aromatic carbocycles. The third kappa shape index (κ3) is 3.80. The van der Waals surface area contributed by atoms with Crippen LogP contribution in [0.25, 0.3) is 0 Å². The lowest BCUT2D eigenvalue weighted by molar-refractivity contribution is -0.414. The molecule has 0 heterocycles. The zero-order valence-corrected chi connectivity index (χ0v) is 13.6. The molecule has 0 aliphatic rings. The van der Waals surface area contributed by atoms with E-state index in [2.05, 4.69) is 4.74 Å². The molecule has 2 rings (SSSR count). The third-order valence-corrected chi connectivity index (χ3v) is 3.77. The fourth-order valence-electron chi connectivity index (χ4n) is 2.72. The van der Waals surface area contributed by atoms with Gasteiger partial charge >= 0.3 is 18.4 Å². The van der Waals surface area contributed by atoms with Crippen molar-refractivity contribution in [1.29, 1.82) is 0 Å². The van der Waals surface area contributed by atoms with Crippen LogP contribution in [0.5, 0.6) is 11.5 Å². The van der Waals surface area contributed by atoms with Crippen LogP contribution < -0.4 is 0 Å².